The number of halogens is 2. The fraction of sp³-hybridized carbons (Fsp3) is 0.533. The summed E-state index contributed by atoms with van der Waals surface area (Å²) in [5.41, 5.74) is 0.0612. The van der Waals surface area contributed by atoms with Crippen LogP contribution >= 0.6 is 11.6 Å². The van der Waals surface area contributed by atoms with Crippen molar-refractivity contribution in [2.24, 2.45) is 0 Å². The van der Waals surface area contributed by atoms with E-state index in [0.29, 0.717) is 13.1 Å². The highest BCUT2D eigenvalue weighted by atomic mass is 35.5. The number of aliphatic carboxylic acids is 1. The number of rotatable bonds is 4. The minimum absolute atomic E-state index is 0.0612. The summed E-state index contributed by atoms with van der Waals surface area (Å²) in [5.74, 6) is -1.64. The van der Waals surface area contributed by atoms with E-state index < -0.39 is 17.8 Å². The Hall–Kier alpha value is -1.17. The van der Waals surface area contributed by atoms with Crippen molar-refractivity contribution in [1.82, 2.24) is 9.80 Å². The molecular weight excluding hydrogens is 295 g/mol. The summed E-state index contributed by atoms with van der Waals surface area (Å²) in [6.45, 7) is 3.99. The molecule has 0 aliphatic carbocycles. The van der Waals surface area contributed by atoms with Crippen molar-refractivity contribution >= 4 is 17.6 Å². The Bertz CT molecular complexity index is 506. The molecule has 2 atom stereocenters. The predicted octanol–water partition coefficient (Wildman–Crippen LogP) is 2.63. The van der Waals surface area contributed by atoms with Crippen LogP contribution in [0.3, 0.4) is 0 Å². The van der Waals surface area contributed by atoms with Gasteiger partial charge in [-0.2, -0.15) is 0 Å². The number of carboxylic acid groups (broad SMARTS) is 1. The smallest absolute Gasteiger partial charge is 0.325 e. The summed E-state index contributed by atoms with van der Waals surface area (Å²) in [5, 5.41) is 9.73. The minimum atomic E-state index is -1.07. The third-order valence-electron chi connectivity index (χ3n) is 4.15. The number of likely N-dealkylation sites (N-methyl/N-ethyl adjacent to an activating group) is 1. The standard InChI is InChI=1S/C15H20ClFN2O2/c1-3-10-9-19(8-7-18(10)2)14(15(20)21)13-11(16)5-4-6-12(13)17/h4-6,10,14H,3,7-9H2,1-2H3,(H,20,21). The zero-order valence-electron chi connectivity index (χ0n) is 12.2. The molecule has 0 amide bonds. The number of benzene rings is 1. The molecule has 1 fully saturated rings. The number of piperazine rings is 1. The molecule has 1 aromatic carbocycles. The van der Waals surface area contributed by atoms with Crippen LogP contribution in [0.25, 0.3) is 0 Å². The maximum Gasteiger partial charge on any atom is 0.325 e. The molecule has 6 heteroatoms. The largest absolute Gasteiger partial charge is 0.480 e. The van der Waals surface area contributed by atoms with E-state index in [1.165, 1.54) is 18.2 Å². The van der Waals surface area contributed by atoms with Crippen LogP contribution in [0.1, 0.15) is 24.9 Å². The first kappa shape index (κ1) is 16.2. The summed E-state index contributed by atoms with van der Waals surface area (Å²) in [6.07, 6.45) is 0.921. The van der Waals surface area contributed by atoms with E-state index in [1.807, 2.05) is 7.05 Å². The number of hydrogen-bond acceptors (Lipinski definition) is 3. The monoisotopic (exact) mass is 314 g/mol. The van der Waals surface area contributed by atoms with Crippen molar-refractivity contribution in [3.05, 3.63) is 34.6 Å². The van der Waals surface area contributed by atoms with Gasteiger partial charge in [0.15, 0.2) is 0 Å². The maximum atomic E-state index is 14.1. The lowest BCUT2D eigenvalue weighted by molar-refractivity contribution is -0.145. The van der Waals surface area contributed by atoms with Crippen LogP contribution < -0.4 is 0 Å². The van der Waals surface area contributed by atoms with Gasteiger partial charge in [0, 0.05) is 36.3 Å². The Morgan fingerprint density at radius 3 is 2.81 bits per heavy atom. The van der Waals surface area contributed by atoms with E-state index in [9.17, 15) is 14.3 Å². The molecule has 1 aromatic rings. The van der Waals surface area contributed by atoms with Crippen LogP contribution in [0.4, 0.5) is 4.39 Å². The topological polar surface area (TPSA) is 43.8 Å². The van der Waals surface area contributed by atoms with Gasteiger partial charge in [-0.1, -0.05) is 24.6 Å². The van der Waals surface area contributed by atoms with Crippen molar-refractivity contribution in [3.63, 3.8) is 0 Å². The van der Waals surface area contributed by atoms with Gasteiger partial charge in [0.25, 0.3) is 0 Å². The minimum Gasteiger partial charge on any atom is -0.480 e. The van der Waals surface area contributed by atoms with E-state index in [1.54, 1.807) is 4.90 Å². The van der Waals surface area contributed by atoms with E-state index in [0.717, 1.165) is 13.0 Å². The SMILES string of the molecule is CCC1CN(C(C(=O)O)c2c(F)cccc2Cl)CCN1C. The van der Waals surface area contributed by atoms with Crippen molar-refractivity contribution in [2.45, 2.75) is 25.4 Å². The van der Waals surface area contributed by atoms with Gasteiger partial charge in [-0.3, -0.25) is 9.69 Å². The quantitative estimate of drug-likeness (QED) is 0.928. The second-order valence-corrected chi connectivity index (χ2v) is 5.82. The van der Waals surface area contributed by atoms with Gasteiger partial charge in [0.2, 0.25) is 0 Å². The molecule has 1 aliphatic rings. The Kier molecular flexibility index (Phi) is 5.19. The van der Waals surface area contributed by atoms with Crippen molar-refractivity contribution in [3.8, 4) is 0 Å². The van der Waals surface area contributed by atoms with Gasteiger partial charge in [0.05, 0.1) is 0 Å². The number of carbonyl (C=O) groups is 1. The number of hydrogen-bond donors (Lipinski definition) is 1. The van der Waals surface area contributed by atoms with Gasteiger partial charge >= 0.3 is 5.97 Å². The molecule has 1 aliphatic heterocycles. The molecule has 4 nitrogen and oxygen atoms in total. The molecular formula is C15H20ClFN2O2. The van der Waals surface area contributed by atoms with E-state index in [-0.39, 0.29) is 16.6 Å². The lowest BCUT2D eigenvalue weighted by Crippen LogP contribution is -2.53. The summed E-state index contributed by atoms with van der Waals surface area (Å²) >= 11 is 6.05. The van der Waals surface area contributed by atoms with Gasteiger partial charge < -0.3 is 10.0 Å². The van der Waals surface area contributed by atoms with Crippen LogP contribution in [0, 0.1) is 5.82 Å². The zero-order valence-corrected chi connectivity index (χ0v) is 13.0. The summed E-state index contributed by atoms with van der Waals surface area (Å²) in [4.78, 5) is 15.7. The Morgan fingerprint density at radius 2 is 2.24 bits per heavy atom. The molecule has 1 heterocycles. The van der Waals surface area contributed by atoms with E-state index in [4.69, 9.17) is 11.6 Å². The van der Waals surface area contributed by atoms with Crippen LogP contribution in [0.15, 0.2) is 18.2 Å². The van der Waals surface area contributed by atoms with Gasteiger partial charge in [-0.05, 0) is 25.6 Å². The van der Waals surface area contributed by atoms with Crippen molar-refractivity contribution in [1.29, 1.82) is 0 Å². The average molecular weight is 315 g/mol. The first-order chi connectivity index (χ1) is 9.95. The molecule has 2 rings (SSSR count). The highest BCUT2D eigenvalue weighted by molar-refractivity contribution is 6.31. The van der Waals surface area contributed by atoms with Crippen LogP contribution in [-0.4, -0.2) is 53.6 Å². The summed E-state index contributed by atoms with van der Waals surface area (Å²) in [7, 11) is 2.03. The zero-order chi connectivity index (χ0) is 15.6. The Labute approximate surface area is 129 Å². The fourth-order valence-corrected chi connectivity index (χ4v) is 3.15. The molecule has 0 aromatic heterocycles. The molecule has 0 saturated carbocycles. The highest BCUT2D eigenvalue weighted by Gasteiger charge is 2.35. The Morgan fingerprint density at radius 1 is 1.52 bits per heavy atom. The van der Waals surface area contributed by atoms with E-state index >= 15 is 0 Å². The number of nitrogens with zero attached hydrogens (tertiary/aromatic N) is 2. The third kappa shape index (κ3) is 3.36. The summed E-state index contributed by atoms with van der Waals surface area (Å²) in [6, 6.07) is 3.50. The second kappa shape index (κ2) is 6.73. The Balaban J connectivity index is 2.34. The molecule has 116 valence electrons. The van der Waals surface area contributed by atoms with E-state index in [2.05, 4.69) is 11.8 Å². The van der Waals surface area contributed by atoms with Crippen molar-refractivity contribution < 1.29 is 14.3 Å². The normalized spacial score (nSPS) is 22.2. The van der Waals surface area contributed by atoms with Crippen LogP contribution in [-0.2, 0) is 4.79 Å². The first-order valence-electron chi connectivity index (χ1n) is 7.06. The highest BCUT2D eigenvalue weighted by Crippen LogP contribution is 2.32. The van der Waals surface area contributed by atoms with Gasteiger partial charge in [0.1, 0.15) is 11.9 Å². The third-order valence-corrected chi connectivity index (χ3v) is 4.48. The lowest BCUT2D eigenvalue weighted by atomic mass is 10.0. The average Bonchev–Trinajstić information content (AvgIpc) is 2.43. The molecule has 2 unspecified atom stereocenters. The maximum absolute atomic E-state index is 14.1. The van der Waals surface area contributed by atoms with Crippen LogP contribution in [0.2, 0.25) is 5.02 Å². The van der Waals surface area contributed by atoms with Crippen LogP contribution in [0.5, 0.6) is 0 Å². The number of carboxylic acids is 1. The summed E-state index contributed by atoms with van der Waals surface area (Å²) < 4.78 is 14.1. The fourth-order valence-electron chi connectivity index (χ4n) is 2.88. The predicted molar refractivity (Wildman–Crippen MR) is 80.1 cm³/mol. The second-order valence-electron chi connectivity index (χ2n) is 5.41. The lowest BCUT2D eigenvalue weighted by Gasteiger charge is -2.41. The first-order valence-corrected chi connectivity index (χ1v) is 7.44. The molecule has 0 radical (unpaired) electrons. The van der Waals surface area contributed by atoms with Crippen molar-refractivity contribution in [2.75, 3.05) is 26.7 Å². The van der Waals surface area contributed by atoms with Gasteiger partial charge in [-0.15, -0.1) is 0 Å². The molecule has 1 N–H and O–H groups in total. The molecule has 0 spiro atoms. The molecule has 1 saturated heterocycles. The molecule has 21 heavy (non-hydrogen) atoms. The van der Waals surface area contributed by atoms with Gasteiger partial charge in [-0.25, -0.2) is 4.39 Å². The molecule has 0 bridgehead atoms.